The van der Waals surface area contributed by atoms with E-state index in [9.17, 15) is 4.79 Å². The summed E-state index contributed by atoms with van der Waals surface area (Å²) < 4.78 is 9.18. The van der Waals surface area contributed by atoms with Crippen molar-refractivity contribution in [3.63, 3.8) is 0 Å². The van der Waals surface area contributed by atoms with E-state index in [2.05, 4.69) is 45.2 Å². The normalized spacial score (nSPS) is 19.2. The predicted molar refractivity (Wildman–Crippen MR) is 106 cm³/mol. The fourth-order valence-electron chi connectivity index (χ4n) is 3.05. The van der Waals surface area contributed by atoms with Gasteiger partial charge in [0.25, 0.3) is 12.4 Å². The first kappa shape index (κ1) is 21.6. The Morgan fingerprint density at radius 3 is 2.79 bits per heavy atom. The third-order valence-corrected chi connectivity index (χ3v) is 4.61. The topological polar surface area (TPSA) is 93.7 Å². The summed E-state index contributed by atoms with van der Waals surface area (Å²) in [4.78, 5) is 32.0. The maximum absolute atomic E-state index is 12.6. The second-order valence-electron chi connectivity index (χ2n) is 6.54. The number of ether oxygens (including phenoxy) is 2. The van der Waals surface area contributed by atoms with E-state index in [1.54, 1.807) is 24.3 Å². The number of hydrogen-bond acceptors (Lipinski definition) is 7. The van der Waals surface area contributed by atoms with E-state index < -0.39 is 0 Å². The van der Waals surface area contributed by atoms with E-state index in [1.165, 1.54) is 12.7 Å². The summed E-state index contributed by atoms with van der Waals surface area (Å²) in [5, 5.41) is 3.28. The molecule has 1 aromatic rings. The number of amides is 1. The molecule has 0 aromatic carbocycles. The third-order valence-electron chi connectivity index (χ3n) is 4.61. The second-order valence-corrected chi connectivity index (χ2v) is 6.54. The van der Waals surface area contributed by atoms with Crippen LogP contribution in [0.25, 0.3) is 0 Å². The fourth-order valence-corrected chi connectivity index (χ4v) is 3.05. The lowest BCUT2D eigenvalue weighted by Gasteiger charge is -2.18. The molecule has 8 nitrogen and oxygen atoms in total. The minimum Gasteiger partial charge on any atom is -0.471 e. The Kier molecular flexibility index (Phi) is 8.61. The molecule has 2 aliphatic rings. The first-order valence-electron chi connectivity index (χ1n) is 9.33. The third kappa shape index (κ3) is 6.16. The van der Waals surface area contributed by atoms with Crippen molar-refractivity contribution in [2.45, 2.75) is 38.3 Å². The minimum atomic E-state index is -0.0653. The molecular formula is C20H28N4O4. The number of rotatable bonds is 6. The van der Waals surface area contributed by atoms with Crippen LogP contribution in [0.15, 0.2) is 36.1 Å². The number of allylic oxidation sites excluding steroid dienone is 2. The molecule has 8 heteroatoms. The molecule has 1 amide bonds. The van der Waals surface area contributed by atoms with Gasteiger partial charge >= 0.3 is 0 Å². The van der Waals surface area contributed by atoms with Crippen LogP contribution in [-0.2, 0) is 14.3 Å². The molecule has 2 heterocycles. The Balaban J connectivity index is 0.000000640. The number of nitrogens with zero attached hydrogens (tertiary/aromatic N) is 3. The van der Waals surface area contributed by atoms with E-state index in [1.807, 2.05) is 0 Å². The Hall–Kier alpha value is -2.74. The highest BCUT2D eigenvalue weighted by atomic mass is 16.5. The molecule has 0 radical (unpaired) electrons. The van der Waals surface area contributed by atoms with Crippen molar-refractivity contribution in [1.29, 1.82) is 0 Å². The average molecular weight is 388 g/mol. The molecule has 2 atom stereocenters. The van der Waals surface area contributed by atoms with Gasteiger partial charge in [0.1, 0.15) is 5.69 Å². The van der Waals surface area contributed by atoms with Gasteiger partial charge in [-0.05, 0) is 37.8 Å². The lowest BCUT2D eigenvalue weighted by molar-refractivity contribution is -0.126. The molecule has 1 aliphatic carbocycles. The number of hydrogen-bond donors (Lipinski definition) is 1. The van der Waals surface area contributed by atoms with Gasteiger partial charge < -0.3 is 19.7 Å². The lowest BCUT2D eigenvalue weighted by Crippen LogP contribution is -2.31. The van der Waals surface area contributed by atoms with Gasteiger partial charge in [-0.2, -0.15) is 0 Å². The maximum Gasteiger partial charge on any atom is 0.292 e. The van der Waals surface area contributed by atoms with Crippen LogP contribution in [0.1, 0.15) is 36.7 Å². The largest absolute Gasteiger partial charge is 0.471 e. The van der Waals surface area contributed by atoms with Gasteiger partial charge in [-0.3, -0.25) is 9.59 Å². The van der Waals surface area contributed by atoms with Crippen LogP contribution in [0.2, 0.25) is 0 Å². The molecule has 1 fully saturated rings. The SMILES string of the molecule is COC=O.CO[C@@H]1CCN(C(=O)c2ccnc(N[C@@H](C)C3=CCCC=C3)n2)C1. The Morgan fingerprint density at radius 1 is 1.39 bits per heavy atom. The minimum absolute atomic E-state index is 0.0653. The van der Waals surface area contributed by atoms with E-state index >= 15 is 0 Å². The molecule has 3 rings (SSSR count). The quantitative estimate of drug-likeness (QED) is 0.747. The number of methoxy groups -OCH3 is 2. The zero-order valence-corrected chi connectivity index (χ0v) is 16.6. The first-order valence-corrected chi connectivity index (χ1v) is 9.33. The van der Waals surface area contributed by atoms with Crippen LogP contribution in [0.5, 0.6) is 0 Å². The number of nitrogens with one attached hydrogen (secondary N) is 1. The van der Waals surface area contributed by atoms with Crippen LogP contribution in [0.4, 0.5) is 5.95 Å². The van der Waals surface area contributed by atoms with Gasteiger partial charge in [-0.25, -0.2) is 9.97 Å². The molecule has 1 aliphatic heterocycles. The molecule has 28 heavy (non-hydrogen) atoms. The zero-order chi connectivity index (χ0) is 20.4. The Morgan fingerprint density at radius 2 is 2.18 bits per heavy atom. The van der Waals surface area contributed by atoms with Crippen LogP contribution in [0.3, 0.4) is 0 Å². The van der Waals surface area contributed by atoms with Crippen LogP contribution >= 0.6 is 0 Å². The van der Waals surface area contributed by atoms with E-state index in [-0.39, 0.29) is 18.1 Å². The average Bonchev–Trinajstić information content (AvgIpc) is 3.23. The Labute approximate surface area is 165 Å². The van der Waals surface area contributed by atoms with Gasteiger partial charge in [0, 0.05) is 26.4 Å². The van der Waals surface area contributed by atoms with Gasteiger partial charge in [-0.1, -0.05) is 18.2 Å². The van der Waals surface area contributed by atoms with Gasteiger partial charge in [-0.15, -0.1) is 0 Å². The van der Waals surface area contributed by atoms with Gasteiger partial charge in [0.2, 0.25) is 5.95 Å². The standard InChI is InChI=1S/C18H24N4O2.C2H4O2/c1-13(14-6-4-3-5-7-14)20-18-19-10-8-16(21-18)17(23)22-11-9-15(12-22)24-2;1-4-2-3/h4,6-8,10,13,15H,3,5,9,11-12H2,1-2H3,(H,19,20,21);2H,1H3/t13-,15+;/m0./s1. The summed E-state index contributed by atoms with van der Waals surface area (Å²) in [6.07, 6.45) is 11.3. The molecule has 0 bridgehead atoms. The zero-order valence-electron chi connectivity index (χ0n) is 16.6. The van der Waals surface area contributed by atoms with E-state index in [4.69, 9.17) is 9.53 Å². The summed E-state index contributed by atoms with van der Waals surface area (Å²) in [5.74, 6) is 0.417. The molecule has 0 saturated carbocycles. The second kappa shape index (κ2) is 11.2. The van der Waals surface area contributed by atoms with Gasteiger partial charge in [0.05, 0.1) is 19.3 Å². The van der Waals surface area contributed by atoms with Crippen molar-refractivity contribution in [3.8, 4) is 0 Å². The van der Waals surface area contributed by atoms with Crippen LogP contribution < -0.4 is 5.32 Å². The molecule has 1 saturated heterocycles. The molecule has 152 valence electrons. The molecule has 0 spiro atoms. The molecule has 1 aromatic heterocycles. The summed E-state index contributed by atoms with van der Waals surface area (Å²) in [6, 6.07) is 1.77. The number of aromatic nitrogens is 2. The van der Waals surface area contributed by atoms with Crippen molar-refractivity contribution in [2.75, 3.05) is 32.6 Å². The smallest absolute Gasteiger partial charge is 0.292 e. The number of carbonyl (C=O) groups is 2. The van der Waals surface area contributed by atoms with Gasteiger partial charge in [0.15, 0.2) is 0 Å². The lowest BCUT2D eigenvalue weighted by atomic mass is 10.0. The number of carbonyl (C=O) groups excluding carboxylic acids is 2. The summed E-state index contributed by atoms with van der Waals surface area (Å²) in [5.41, 5.74) is 1.65. The summed E-state index contributed by atoms with van der Waals surface area (Å²) in [6.45, 7) is 3.78. The monoisotopic (exact) mass is 388 g/mol. The molecular weight excluding hydrogens is 360 g/mol. The highest BCUT2D eigenvalue weighted by Gasteiger charge is 2.27. The Bertz CT molecular complexity index is 720. The van der Waals surface area contributed by atoms with Crippen LogP contribution in [-0.4, -0.2) is 66.7 Å². The maximum atomic E-state index is 12.6. The van der Waals surface area contributed by atoms with Crippen LogP contribution in [0, 0.1) is 0 Å². The number of likely N-dealkylation sites (tertiary alicyclic amines) is 1. The van der Waals surface area contributed by atoms with Crippen molar-refractivity contribution in [2.24, 2.45) is 0 Å². The summed E-state index contributed by atoms with van der Waals surface area (Å²) >= 11 is 0. The van der Waals surface area contributed by atoms with Crippen molar-refractivity contribution in [3.05, 3.63) is 41.8 Å². The first-order chi connectivity index (χ1) is 13.6. The highest BCUT2D eigenvalue weighted by Crippen LogP contribution is 2.17. The summed E-state index contributed by atoms with van der Waals surface area (Å²) in [7, 11) is 2.99. The predicted octanol–water partition coefficient (Wildman–Crippen LogP) is 2.20. The molecule has 0 unspecified atom stereocenters. The fraction of sp³-hybridized carbons (Fsp3) is 0.500. The van der Waals surface area contributed by atoms with Crippen molar-refractivity contribution >= 4 is 18.3 Å². The van der Waals surface area contributed by atoms with Crippen molar-refractivity contribution in [1.82, 2.24) is 14.9 Å². The van der Waals surface area contributed by atoms with E-state index in [0.717, 1.165) is 19.3 Å². The molecule has 1 N–H and O–H groups in total. The highest BCUT2D eigenvalue weighted by molar-refractivity contribution is 5.92. The number of anilines is 1. The van der Waals surface area contributed by atoms with E-state index in [0.29, 0.717) is 31.2 Å². The van der Waals surface area contributed by atoms with Crippen molar-refractivity contribution < 1.29 is 19.1 Å².